The fourth-order valence-electron chi connectivity index (χ4n) is 2.98. The van der Waals surface area contributed by atoms with E-state index in [4.69, 9.17) is 0 Å². The molecule has 1 atom stereocenters. The molecule has 2 N–H and O–H groups in total. The summed E-state index contributed by atoms with van der Waals surface area (Å²) in [6.07, 6.45) is 2.46. The molecule has 0 aromatic heterocycles. The molecule has 3 rings (SSSR count). The van der Waals surface area contributed by atoms with Crippen molar-refractivity contribution in [2.75, 3.05) is 11.9 Å². The summed E-state index contributed by atoms with van der Waals surface area (Å²) in [5.74, 6) is -0.270. The number of nitrogens with one attached hydrogen (secondary N) is 1. The Morgan fingerprint density at radius 1 is 1.19 bits per heavy atom. The summed E-state index contributed by atoms with van der Waals surface area (Å²) in [6.45, 7) is 0.0268. The molecule has 2 aromatic carbocycles. The first-order chi connectivity index (χ1) is 10.1. The third-order valence-electron chi connectivity index (χ3n) is 4.11. The van der Waals surface area contributed by atoms with Gasteiger partial charge in [0.1, 0.15) is 5.82 Å². The van der Waals surface area contributed by atoms with Gasteiger partial charge < -0.3 is 10.4 Å². The monoisotopic (exact) mass is 349 g/mol. The lowest BCUT2D eigenvalue weighted by molar-refractivity contribution is 0.196. The predicted molar refractivity (Wildman–Crippen MR) is 86.0 cm³/mol. The topological polar surface area (TPSA) is 32.3 Å². The molecule has 0 saturated carbocycles. The minimum Gasteiger partial charge on any atom is -0.394 e. The van der Waals surface area contributed by atoms with Crippen molar-refractivity contribution in [3.8, 4) is 0 Å². The number of rotatable bonds is 3. The van der Waals surface area contributed by atoms with Gasteiger partial charge in [-0.1, -0.05) is 28.1 Å². The zero-order valence-electron chi connectivity index (χ0n) is 11.6. The molecule has 0 bridgehead atoms. The first kappa shape index (κ1) is 14.5. The molecule has 0 saturated heterocycles. The molecule has 0 amide bonds. The number of hydrogen-bond acceptors (Lipinski definition) is 2. The summed E-state index contributed by atoms with van der Waals surface area (Å²) in [4.78, 5) is 0. The van der Waals surface area contributed by atoms with Gasteiger partial charge in [0, 0.05) is 10.2 Å². The lowest BCUT2D eigenvalue weighted by atomic mass is 9.78. The van der Waals surface area contributed by atoms with E-state index in [0.717, 1.165) is 23.7 Å². The fraction of sp³-hybridized carbons (Fsp3) is 0.294. The summed E-state index contributed by atoms with van der Waals surface area (Å²) >= 11 is 3.49. The van der Waals surface area contributed by atoms with E-state index in [1.54, 1.807) is 6.07 Å². The van der Waals surface area contributed by atoms with Crippen molar-refractivity contribution in [2.45, 2.75) is 24.8 Å². The van der Waals surface area contributed by atoms with Crippen LogP contribution >= 0.6 is 15.9 Å². The first-order valence-electron chi connectivity index (χ1n) is 7.02. The van der Waals surface area contributed by atoms with Crippen molar-refractivity contribution >= 4 is 21.6 Å². The van der Waals surface area contributed by atoms with Crippen molar-refractivity contribution in [1.29, 1.82) is 0 Å². The second-order valence-electron chi connectivity index (χ2n) is 5.66. The molecule has 0 fully saturated rings. The van der Waals surface area contributed by atoms with Gasteiger partial charge in [0.05, 0.1) is 12.1 Å². The molecule has 1 aliphatic rings. The number of aryl methyl sites for hydroxylation is 1. The molecule has 4 heteroatoms. The minimum absolute atomic E-state index is 0.0268. The summed E-state index contributed by atoms with van der Waals surface area (Å²) in [5.41, 5.74) is 2.84. The highest BCUT2D eigenvalue weighted by molar-refractivity contribution is 9.10. The average Bonchev–Trinajstić information content (AvgIpc) is 2.47. The number of hydrogen-bond donors (Lipinski definition) is 2. The van der Waals surface area contributed by atoms with E-state index in [1.165, 1.54) is 23.3 Å². The molecular formula is C17H17BrFNO. The number of halogens is 2. The van der Waals surface area contributed by atoms with E-state index in [2.05, 4.69) is 33.4 Å². The molecule has 21 heavy (non-hydrogen) atoms. The molecule has 2 aromatic rings. The average molecular weight is 350 g/mol. The van der Waals surface area contributed by atoms with Crippen LogP contribution in [0.25, 0.3) is 0 Å². The van der Waals surface area contributed by atoms with Crippen LogP contribution in [0.2, 0.25) is 0 Å². The van der Waals surface area contributed by atoms with Gasteiger partial charge in [-0.25, -0.2) is 4.39 Å². The Balaban J connectivity index is 1.87. The Bertz CT molecular complexity index is 661. The van der Waals surface area contributed by atoms with Crippen LogP contribution in [0.1, 0.15) is 17.5 Å². The normalized spacial score (nSPS) is 20.9. The van der Waals surface area contributed by atoms with Crippen molar-refractivity contribution < 1.29 is 9.50 Å². The Hall–Kier alpha value is -1.39. The van der Waals surface area contributed by atoms with Crippen LogP contribution in [0.4, 0.5) is 10.1 Å². The summed E-state index contributed by atoms with van der Waals surface area (Å²) in [7, 11) is 0. The number of fused-ring (bicyclic) bond motifs is 1. The van der Waals surface area contributed by atoms with Gasteiger partial charge in [-0.2, -0.15) is 0 Å². The lowest BCUT2D eigenvalue weighted by Gasteiger charge is -2.38. The number of benzene rings is 2. The molecule has 110 valence electrons. The number of aliphatic hydroxyl groups excluding tert-OH is 1. The van der Waals surface area contributed by atoms with Crippen LogP contribution < -0.4 is 5.32 Å². The third kappa shape index (κ3) is 3.11. The number of aliphatic hydroxyl groups is 1. The van der Waals surface area contributed by atoms with Crippen LogP contribution in [-0.2, 0) is 12.8 Å². The van der Waals surface area contributed by atoms with Crippen LogP contribution in [0.15, 0.2) is 46.9 Å². The van der Waals surface area contributed by atoms with E-state index in [1.807, 2.05) is 12.1 Å². The van der Waals surface area contributed by atoms with Gasteiger partial charge in [-0.15, -0.1) is 0 Å². The highest BCUT2D eigenvalue weighted by atomic mass is 79.9. The predicted octanol–water partition coefficient (Wildman–Crippen LogP) is 3.92. The van der Waals surface area contributed by atoms with Gasteiger partial charge in [0.25, 0.3) is 0 Å². The summed E-state index contributed by atoms with van der Waals surface area (Å²) in [6, 6.07) is 12.6. The molecule has 0 spiro atoms. The molecule has 0 radical (unpaired) electrons. The quantitative estimate of drug-likeness (QED) is 0.880. The van der Waals surface area contributed by atoms with E-state index in [0.29, 0.717) is 5.69 Å². The minimum atomic E-state index is -0.422. The first-order valence-corrected chi connectivity index (χ1v) is 7.81. The van der Waals surface area contributed by atoms with Crippen LogP contribution in [0.5, 0.6) is 0 Å². The van der Waals surface area contributed by atoms with Crippen molar-refractivity contribution in [3.63, 3.8) is 0 Å². The van der Waals surface area contributed by atoms with E-state index >= 15 is 0 Å². The van der Waals surface area contributed by atoms with Gasteiger partial charge in [0.2, 0.25) is 0 Å². The fourth-order valence-corrected chi connectivity index (χ4v) is 3.39. The maximum Gasteiger partial charge on any atom is 0.125 e. The smallest absolute Gasteiger partial charge is 0.125 e. The Kier molecular flexibility index (Phi) is 4.00. The largest absolute Gasteiger partial charge is 0.394 e. The third-order valence-corrected chi connectivity index (χ3v) is 4.60. The molecule has 2 nitrogen and oxygen atoms in total. The summed E-state index contributed by atoms with van der Waals surface area (Å²) < 4.78 is 14.4. The highest BCUT2D eigenvalue weighted by Gasteiger charge is 2.33. The Labute approximate surface area is 132 Å². The van der Waals surface area contributed by atoms with Crippen LogP contribution in [0, 0.1) is 5.82 Å². The van der Waals surface area contributed by atoms with Crippen molar-refractivity contribution in [3.05, 3.63) is 63.9 Å². The van der Waals surface area contributed by atoms with E-state index in [-0.39, 0.29) is 12.4 Å². The maximum atomic E-state index is 13.3. The standard InChI is InChI=1S/C17H17BrFNO/c18-14-5-4-13-10-17(11-21,7-6-12(13)8-14)20-16-3-1-2-15(19)9-16/h1-5,8-9,20-21H,6-7,10-11H2. The van der Waals surface area contributed by atoms with E-state index in [9.17, 15) is 9.50 Å². The Morgan fingerprint density at radius 2 is 2.05 bits per heavy atom. The highest BCUT2D eigenvalue weighted by Crippen LogP contribution is 2.33. The van der Waals surface area contributed by atoms with Crippen LogP contribution in [-0.4, -0.2) is 17.3 Å². The molecule has 0 heterocycles. The molecule has 1 aliphatic carbocycles. The zero-order chi connectivity index (χ0) is 14.9. The lowest BCUT2D eigenvalue weighted by Crippen LogP contribution is -2.47. The second kappa shape index (κ2) is 5.78. The SMILES string of the molecule is OCC1(Nc2cccc(F)c2)CCc2cc(Br)ccc2C1. The van der Waals surface area contributed by atoms with Gasteiger partial charge in [-0.05, 0) is 60.7 Å². The summed E-state index contributed by atoms with van der Waals surface area (Å²) in [5, 5.41) is 13.2. The van der Waals surface area contributed by atoms with Crippen molar-refractivity contribution in [2.24, 2.45) is 0 Å². The molecule has 0 aliphatic heterocycles. The second-order valence-corrected chi connectivity index (χ2v) is 6.58. The zero-order valence-corrected chi connectivity index (χ0v) is 13.2. The Morgan fingerprint density at radius 3 is 2.81 bits per heavy atom. The van der Waals surface area contributed by atoms with Crippen LogP contribution in [0.3, 0.4) is 0 Å². The van der Waals surface area contributed by atoms with E-state index < -0.39 is 5.54 Å². The van der Waals surface area contributed by atoms with Crippen molar-refractivity contribution in [1.82, 2.24) is 0 Å². The number of anilines is 1. The maximum absolute atomic E-state index is 13.3. The molecule has 1 unspecified atom stereocenters. The van der Waals surface area contributed by atoms with Gasteiger partial charge in [0.15, 0.2) is 0 Å². The molecular weight excluding hydrogens is 333 g/mol. The van der Waals surface area contributed by atoms with Gasteiger partial charge >= 0.3 is 0 Å². The van der Waals surface area contributed by atoms with Gasteiger partial charge in [-0.3, -0.25) is 0 Å².